The fourth-order valence-corrected chi connectivity index (χ4v) is 1.69. The molecule has 1 aliphatic carbocycles. The molecule has 0 saturated heterocycles. The molecular weight excluding hydrogens is 186 g/mol. The van der Waals surface area contributed by atoms with E-state index in [0.29, 0.717) is 12.5 Å². The van der Waals surface area contributed by atoms with Crippen LogP contribution in [-0.2, 0) is 0 Å². The van der Waals surface area contributed by atoms with Gasteiger partial charge in [-0.2, -0.15) is 0 Å². The standard InChI is InChI=1S/C12H13N3/c1-2-7-13-12-8-11(14-9-15-12)10-5-3-4-6-10/h1,3-4,8-10H,5-7H2,(H,13,14,15). The normalized spacial score (nSPS) is 15.1. The number of aromatic nitrogens is 2. The van der Waals surface area contributed by atoms with Gasteiger partial charge in [-0.1, -0.05) is 18.1 Å². The number of hydrogen-bond acceptors (Lipinski definition) is 3. The zero-order chi connectivity index (χ0) is 10.5. The van der Waals surface area contributed by atoms with Crippen molar-refractivity contribution in [2.45, 2.75) is 18.8 Å². The topological polar surface area (TPSA) is 37.8 Å². The summed E-state index contributed by atoms with van der Waals surface area (Å²) in [6.07, 6.45) is 13.3. The molecule has 1 N–H and O–H groups in total. The smallest absolute Gasteiger partial charge is 0.130 e. The third kappa shape index (κ3) is 2.35. The molecule has 0 aliphatic heterocycles. The van der Waals surface area contributed by atoms with Gasteiger partial charge in [-0.15, -0.1) is 6.42 Å². The van der Waals surface area contributed by atoms with Crippen molar-refractivity contribution in [3.63, 3.8) is 0 Å². The second-order valence-corrected chi connectivity index (χ2v) is 3.53. The molecule has 0 bridgehead atoms. The van der Waals surface area contributed by atoms with Crippen LogP contribution in [0.1, 0.15) is 24.5 Å². The fourth-order valence-electron chi connectivity index (χ4n) is 1.69. The first-order valence-corrected chi connectivity index (χ1v) is 5.04. The van der Waals surface area contributed by atoms with Gasteiger partial charge in [0.2, 0.25) is 0 Å². The molecule has 0 saturated carbocycles. The molecule has 0 amide bonds. The number of rotatable bonds is 3. The maximum Gasteiger partial charge on any atom is 0.130 e. The molecule has 0 aromatic carbocycles. The monoisotopic (exact) mass is 199 g/mol. The zero-order valence-corrected chi connectivity index (χ0v) is 8.48. The summed E-state index contributed by atoms with van der Waals surface area (Å²) >= 11 is 0. The van der Waals surface area contributed by atoms with E-state index < -0.39 is 0 Å². The second-order valence-electron chi connectivity index (χ2n) is 3.53. The van der Waals surface area contributed by atoms with Crippen LogP contribution in [0.2, 0.25) is 0 Å². The molecule has 1 heterocycles. The number of terminal acetylenes is 1. The van der Waals surface area contributed by atoms with Crippen LogP contribution in [0.25, 0.3) is 0 Å². The summed E-state index contributed by atoms with van der Waals surface area (Å²) in [6.45, 7) is 0.499. The van der Waals surface area contributed by atoms with E-state index >= 15 is 0 Å². The summed E-state index contributed by atoms with van der Waals surface area (Å²) in [5.41, 5.74) is 1.09. The third-order valence-electron chi connectivity index (χ3n) is 2.49. The summed E-state index contributed by atoms with van der Waals surface area (Å²) in [4.78, 5) is 8.40. The molecule has 3 nitrogen and oxygen atoms in total. The van der Waals surface area contributed by atoms with Gasteiger partial charge in [0, 0.05) is 17.7 Å². The summed E-state index contributed by atoms with van der Waals surface area (Å²) < 4.78 is 0. The Hall–Kier alpha value is -1.82. The van der Waals surface area contributed by atoms with Crippen molar-refractivity contribution >= 4 is 5.82 Å². The van der Waals surface area contributed by atoms with Gasteiger partial charge in [0.05, 0.1) is 6.54 Å². The molecule has 15 heavy (non-hydrogen) atoms. The molecule has 1 aromatic heterocycles. The Morgan fingerprint density at radius 2 is 2.20 bits per heavy atom. The zero-order valence-electron chi connectivity index (χ0n) is 8.48. The SMILES string of the molecule is C#CCNc1cc(C2CC=CC2)ncn1. The predicted octanol–water partition coefficient (Wildman–Crippen LogP) is 1.96. The summed E-state index contributed by atoms with van der Waals surface area (Å²) in [5, 5.41) is 3.05. The Kier molecular flexibility index (Phi) is 2.99. The first-order chi connectivity index (χ1) is 7.40. The lowest BCUT2D eigenvalue weighted by Crippen LogP contribution is -2.04. The number of nitrogens with zero attached hydrogens (tertiary/aromatic N) is 2. The highest BCUT2D eigenvalue weighted by Gasteiger charge is 2.14. The lowest BCUT2D eigenvalue weighted by Gasteiger charge is -2.09. The van der Waals surface area contributed by atoms with Crippen LogP contribution >= 0.6 is 0 Å². The van der Waals surface area contributed by atoms with Gasteiger partial charge in [0.15, 0.2) is 0 Å². The summed E-state index contributed by atoms with van der Waals surface area (Å²) in [6, 6.07) is 1.98. The molecule has 0 atom stereocenters. The average Bonchev–Trinajstić information content (AvgIpc) is 2.80. The molecule has 1 aliphatic rings. The minimum Gasteiger partial charge on any atom is -0.359 e. The summed E-state index contributed by atoms with van der Waals surface area (Å²) in [5.74, 6) is 3.84. The van der Waals surface area contributed by atoms with Crippen LogP contribution in [0.4, 0.5) is 5.82 Å². The van der Waals surface area contributed by atoms with Gasteiger partial charge in [-0.25, -0.2) is 9.97 Å². The number of nitrogens with one attached hydrogen (secondary N) is 1. The summed E-state index contributed by atoms with van der Waals surface area (Å²) in [7, 11) is 0. The van der Waals surface area contributed by atoms with E-state index in [1.807, 2.05) is 6.07 Å². The van der Waals surface area contributed by atoms with E-state index in [2.05, 4.69) is 33.4 Å². The van der Waals surface area contributed by atoms with Gasteiger partial charge in [-0.05, 0) is 12.8 Å². The van der Waals surface area contributed by atoms with E-state index in [-0.39, 0.29) is 0 Å². The van der Waals surface area contributed by atoms with E-state index in [9.17, 15) is 0 Å². The molecule has 76 valence electrons. The van der Waals surface area contributed by atoms with Gasteiger partial charge in [0.1, 0.15) is 12.1 Å². The minimum atomic E-state index is 0.499. The molecule has 3 heteroatoms. The van der Waals surface area contributed by atoms with E-state index in [1.54, 1.807) is 6.33 Å². The van der Waals surface area contributed by atoms with Crippen LogP contribution in [0.3, 0.4) is 0 Å². The molecule has 0 spiro atoms. The molecule has 1 aromatic rings. The maximum atomic E-state index is 5.17. The lowest BCUT2D eigenvalue weighted by molar-refractivity contribution is 0.721. The average molecular weight is 199 g/mol. The van der Waals surface area contributed by atoms with Crippen LogP contribution < -0.4 is 5.32 Å². The largest absolute Gasteiger partial charge is 0.359 e. The maximum absolute atomic E-state index is 5.17. The van der Waals surface area contributed by atoms with Crippen molar-refractivity contribution in [3.8, 4) is 12.3 Å². The Balaban J connectivity index is 2.08. The van der Waals surface area contributed by atoms with Gasteiger partial charge in [0.25, 0.3) is 0 Å². The van der Waals surface area contributed by atoms with Gasteiger partial charge >= 0.3 is 0 Å². The van der Waals surface area contributed by atoms with Crippen LogP contribution in [0, 0.1) is 12.3 Å². The quantitative estimate of drug-likeness (QED) is 0.597. The first-order valence-electron chi connectivity index (χ1n) is 5.04. The van der Waals surface area contributed by atoms with Crippen molar-refractivity contribution in [2.75, 3.05) is 11.9 Å². The molecule has 0 unspecified atom stereocenters. The molecule has 2 rings (SSSR count). The Labute approximate surface area is 89.6 Å². The number of allylic oxidation sites excluding steroid dienone is 2. The Morgan fingerprint density at radius 1 is 1.40 bits per heavy atom. The highest BCUT2D eigenvalue weighted by atomic mass is 15.0. The highest BCUT2D eigenvalue weighted by Crippen LogP contribution is 2.28. The van der Waals surface area contributed by atoms with Crippen molar-refractivity contribution < 1.29 is 0 Å². The van der Waals surface area contributed by atoms with Crippen LogP contribution in [0.15, 0.2) is 24.5 Å². The lowest BCUT2D eigenvalue weighted by atomic mass is 10.0. The highest BCUT2D eigenvalue weighted by molar-refractivity contribution is 5.37. The Morgan fingerprint density at radius 3 is 2.93 bits per heavy atom. The van der Waals surface area contributed by atoms with Crippen molar-refractivity contribution in [1.82, 2.24) is 9.97 Å². The van der Waals surface area contributed by atoms with Crippen LogP contribution in [0.5, 0.6) is 0 Å². The van der Waals surface area contributed by atoms with Gasteiger partial charge in [-0.3, -0.25) is 0 Å². The van der Waals surface area contributed by atoms with E-state index in [1.165, 1.54) is 0 Å². The third-order valence-corrected chi connectivity index (χ3v) is 2.49. The van der Waals surface area contributed by atoms with Crippen molar-refractivity contribution in [1.29, 1.82) is 0 Å². The van der Waals surface area contributed by atoms with Crippen molar-refractivity contribution in [2.24, 2.45) is 0 Å². The first kappa shape index (κ1) is 9.72. The fraction of sp³-hybridized carbons (Fsp3) is 0.333. The van der Waals surface area contributed by atoms with Crippen LogP contribution in [-0.4, -0.2) is 16.5 Å². The van der Waals surface area contributed by atoms with Gasteiger partial charge < -0.3 is 5.32 Å². The molecule has 0 fully saturated rings. The molecule has 0 radical (unpaired) electrons. The minimum absolute atomic E-state index is 0.499. The number of anilines is 1. The van der Waals surface area contributed by atoms with Crippen molar-refractivity contribution in [3.05, 3.63) is 30.2 Å². The Bertz CT molecular complexity index is 396. The predicted molar refractivity (Wildman–Crippen MR) is 60.5 cm³/mol. The van der Waals surface area contributed by atoms with E-state index in [0.717, 1.165) is 24.4 Å². The number of hydrogen-bond donors (Lipinski definition) is 1. The second kappa shape index (κ2) is 4.61. The van der Waals surface area contributed by atoms with E-state index in [4.69, 9.17) is 6.42 Å². The molecular formula is C12H13N3.